The van der Waals surface area contributed by atoms with Crippen molar-refractivity contribution in [2.24, 2.45) is 0 Å². The highest BCUT2D eigenvalue weighted by atomic mass is 31.2. The number of unbranched alkanes of at least 4 members (excludes halogenated alkanes) is 27. The van der Waals surface area contributed by atoms with Crippen LogP contribution in [0.15, 0.2) is 0 Å². The van der Waals surface area contributed by atoms with Crippen molar-refractivity contribution in [3.8, 4) is 0 Å². The molecule has 0 saturated heterocycles. The number of aliphatic hydroxyl groups is 1. The van der Waals surface area contributed by atoms with Crippen LogP contribution in [0.2, 0.25) is 0 Å². The summed E-state index contributed by atoms with van der Waals surface area (Å²) in [6, 6.07) is -0.816. The average Bonchev–Trinajstić information content (AvgIpc) is 3.00. The van der Waals surface area contributed by atoms with Crippen LogP contribution < -0.4 is 5.32 Å². The van der Waals surface area contributed by atoms with E-state index in [1.807, 2.05) is 0 Å². The second kappa shape index (κ2) is 33.4. The van der Waals surface area contributed by atoms with Gasteiger partial charge in [0, 0.05) is 6.42 Å². The van der Waals surface area contributed by atoms with E-state index in [0.717, 1.165) is 38.5 Å². The Kier molecular flexibility index (Phi) is 33.1. The number of amides is 1. The highest BCUT2D eigenvalue weighted by Gasteiger charge is 2.25. The number of carbonyl (C=O) groups is 1. The number of aliphatic hydroxyl groups excluding tert-OH is 1. The van der Waals surface area contributed by atoms with E-state index in [2.05, 4.69) is 23.7 Å². The highest BCUT2D eigenvalue weighted by molar-refractivity contribution is 7.46. The van der Waals surface area contributed by atoms with Gasteiger partial charge in [-0.3, -0.25) is 9.32 Å². The molecule has 0 aliphatic rings. The predicted molar refractivity (Wildman–Crippen MR) is 190 cm³/mol. The molecule has 0 heterocycles. The number of phosphoric acid groups is 1. The van der Waals surface area contributed by atoms with Crippen molar-refractivity contribution in [2.45, 2.75) is 225 Å². The maximum Gasteiger partial charge on any atom is 0.469 e. The number of carbonyl (C=O) groups excluding carboxylic acids is 1. The molecular formula is C37H76NO6P. The predicted octanol–water partition coefficient (Wildman–Crippen LogP) is 11.1. The lowest BCUT2D eigenvalue weighted by molar-refractivity contribution is -0.123. The van der Waals surface area contributed by atoms with Gasteiger partial charge in [-0.05, 0) is 12.8 Å². The second-order valence-electron chi connectivity index (χ2n) is 13.6. The molecule has 0 aliphatic carbocycles. The first-order valence-corrected chi connectivity index (χ1v) is 21.0. The summed E-state index contributed by atoms with van der Waals surface area (Å²) < 4.78 is 15.9. The van der Waals surface area contributed by atoms with Crippen molar-refractivity contribution in [1.82, 2.24) is 5.32 Å². The Labute approximate surface area is 279 Å². The van der Waals surface area contributed by atoms with E-state index in [1.165, 1.54) is 148 Å². The lowest BCUT2D eigenvalue weighted by atomic mass is 10.0. The van der Waals surface area contributed by atoms with Crippen LogP contribution in [-0.2, 0) is 13.9 Å². The number of rotatable bonds is 36. The van der Waals surface area contributed by atoms with Crippen LogP contribution in [0.25, 0.3) is 0 Å². The number of hydrogen-bond acceptors (Lipinski definition) is 4. The molecule has 0 aromatic carbocycles. The van der Waals surface area contributed by atoms with E-state index in [1.54, 1.807) is 0 Å². The fraction of sp³-hybridized carbons (Fsp3) is 0.973. The van der Waals surface area contributed by atoms with Gasteiger partial charge in [0.25, 0.3) is 0 Å². The van der Waals surface area contributed by atoms with Gasteiger partial charge in [-0.25, -0.2) is 4.57 Å². The zero-order chi connectivity index (χ0) is 33.3. The van der Waals surface area contributed by atoms with Gasteiger partial charge in [0.15, 0.2) is 0 Å². The largest absolute Gasteiger partial charge is 0.469 e. The Hall–Kier alpha value is -0.460. The molecule has 2 atom stereocenters. The SMILES string of the molecule is CCCCCCCCCCCCCCCCCCCC(=O)N[C@@H](COP(=O)(O)O)[C@H](O)CCCCCCCCCCCCCC. The molecule has 0 rings (SSSR count). The molecular weight excluding hydrogens is 585 g/mol. The fourth-order valence-corrected chi connectivity index (χ4v) is 6.47. The van der Waals surface area contributed by atoms with Crippen molar-refractivity contribution in [3.63, 3.8) is 0 Å². The summed E-state index contributed by atoms with van der Waals surface area (Å²) in [6.45, 7) is 4.12. The smallest absolute Gasteiger partial charge is 0.391 e. The third-order valence-electron chi connectivity index (χ3n) is 9.09. The van der Waals surface area contributed by atoms with Crippen LogP contribution >= 0.6 is 7.82 Å². The highest BCUT2D eigenvalue weighted by Crippen LogP contribution is 2.36. The van der Waals surface area contributed by atoms with E-state index in [9.17, 15) is 14.5 Å². The first kappa shape index (κ1) is 44.5. The molecule has 7 nitrogen and oxygen atoms in total. The van der Waals surface area contributed by atoms with Gasteiger partial charge in [0.2, 0.25) is 5.91 Å². The van der Waals surface area contributed by atoms with Gasteiger partial charge < -0.3 is 20.2 Å². The summed E-state index contributed by atoms with van der Waals surface area (Å²) in [5.74, 6) is -0.191. The average molecular weight is 662 g/mol. The Bertz CT molecular complexity index is 673. The summed E-state index contributed by atoms with van der Waals surface area (Å²) in [7, 11) is -4.68. The minimum Gasteiger partial charge on any atom is -0.391 e. The van der Waals surface area contributed by atoms with E-state index in [4.69, 9.17) is 9.79 Å². The summed E-state index contributed by atoms with van der Waals surface area (Å²) in [5, 5.41) is 13.5. The van der Waals surface area contributed by atoms with Crippen LogP contribution in [0.4, 0.5) is 0 Å². The summed E-state index contributed by atoms with van der Waals surface area (Å²) >= 11 is 0. The normalized spacial score (nSPS) is 13.3. The van der Waals surface area contributed by atoms with Gasteiger partial charge >= 0.3 is 7.82 Å². The van der Waals surface area contributed by atoms with E-state index in [-0.39, 0.29) is 5.91 Å². The van der Waals surface area contributed by atoms with Crippen LogP contribution in [-0.4, -0.2) is 39.6 Å². The molecule has 1 amide bonds. The van der Waals surface area contributed by atoms with Crippen molar-refractivity contribution in [2.75, 3.05) is 6.61 Å². The molecule has 0 spiro atoms. The molecule has 45 heavy (non-hydrogen) atoms. The Morgan fingerprint density at radius 3 is 1.20 bits per heavy atom. The summed E-state index contributed by atoms with van der Waals surface area (Å²) in [4.78, 5) is 30.8. The third kappa shape index (κ3) is 34.7. The monoisotopic (exact) mass is 662 g/mol. The Balaban J connectivity index is 3.90. The molecule has 8 heteroatoms. The molecule has 270 valence electrons. The van der Waals surface area contributed by atoms with Crippen LogP contribution in [0.1, 0.15) is 213 Å². The van der Waals surface area contributed by atoms with Crippen LogP contribution in [0.3, 0.4) is 0 Å². The maximum atomic E-state index is 12.5. The van der Waals surface area contributed by atoms with Crippen molar-refractivity contribution >= 4 is 13.7 Å². The minimum absolute atomic E-state index is 0.191. The molecule has 0 aromatic rings. The van der Waals surface area contributed by atoms with E-state index < -0.39 is 26.6 Å². The quantitative estimate of drug-likeness (QED) is 0.0392. The van der Waals surface area contributed by atoms with Crippen molar-refractivity contribution in [1.29, 1.82) is 0 Å². The standard InChI is InChI=1S/C37H76NO6P/c1-3-5-7-9-11-13-15-17-18-19-20-21-23-25-27-29-31-33-37(40)38-35(34-44-45(41,42)43)36(39)32-30-28-26-24-22-16-14-12-10-8-6-4-2/h35-36,39H,3-34H2,1-2H3,(H,38,40)(H2,41,42,43)/t35-,36+/m0/s1. The molecule has 0 radical (unpaired) electrons. The molecule has 0 fully saturated rings. The molecule has 0 unspecified atom stereocenters. The van der Waals surface area contributed by atoms with Crippen LogP contribution in [0, 0.1) is 0 Å². The first-order valence-electron chi connectivity index (χ1n) is 19.5. The Morgan fingerprint density at radius 2 is 0.867 bits per heavy atom. The lowest BCUT2D eigenvalue weighted by Crippen LogP contribution is -2.46. The van der Waals surface area contributed by atoms with Gasteiger partial charge in [0.05, 0.1) is 18.8 Å². The zero-order valence-electron chi connectivity index (χ0n) is 29.8. The van der Waals surface area contributed by atoms with Crippen molar-refractivity contribution < 1.29 is 28.8 Å². The molecule has 0 saturated carbocycles. The van der Waals surface area contributed by atoms with Gasteiger partial charge in [0.1, 0.15) is 0 Å². The minimum atomic E-state index is -4.68. The van der Waals surface area contributed by atoms with Gasteiger partial charge in [-0.1, -0.05) is 194 Å². The first-order chi connectivity index (χ1) is 21.8. The van der Waals surface area contributed by atoms with Crippen molar-refractivity contribution in [3.05, 3.63) is 0 Å². The number of nitrogens with one attached hydrogen (secondary N) is 1. The molecule has 0 aromatic heterocycles. The Morgan fingerprint density at radius 1 is 0.556 bits per heavy atom. The maximum absolute atomic E-state index is 12.5. The zero-order valence-corrected chi connectivity index (χ0v) is 30.7. The molecule has 4 N–H and O–H groups in total. The number of phosphoric ester groups is 1. The lowest BCUT2D eigenvalue weighted by Gasteiger charge is -2.24. The van der Waals surface area contributed by atoms with E-state index >= 15 is 0 Å². The second-order valence-corrected chi connectivity index (χ2v) is 14.9. The fourth-order valence-electron chi connectivity index (χ4n) is 6.11. The summed E-state index contributed by atoms with van der Waals surface area (Å²) in [5.41, 5.74) is 0. The summed E-state index contributed by atoms with van der Waals surface area (Å²) in [6.07, 6.45) is 36.5. The molecule has 0 bridgehead atoms. The third-order valence-corrected chi connectivity index (χ3v) is 9.58. The van der Waals surface area contributed by atoms with Gasteiger partial charge in [-0.15, -0.1) is 0 Å². The van der Waals surface area contributed by atoms with Gasteiger partial charge in [-0.2, -0.15) is 0 Å². The molecule has 0 aliphatic heterocycles. The van der Waals surface area contributed by atoms with E-state index in [0.29, 0.717) is 12.8 Å². The number of hydrogen-bond donors (Lipinski definition) is 4. The topological polar surface area (TPSA) is 116 Å². The van der Waals surface area contributed by atoms with Crippen LogP contribution in [0.5, 0.6) is 0 Å².